The molecule has 2 aliphatic rings. The van der Waals surface area contributed by atoms with Crippen molar-refractivity contribution < 1.29 is 14.3 Å². The number of nitriles is 1. The molecule has 0 bridgehead atoms. The number of rotatable bonds is 2. The lowest BCUT2D eigenvalue weighted by atomic mass is 9.63. The molecule has 1 fully saturated rings. The van der Waals surface area contributed by atoms with Crippen LogP contribution in [0.4, 0.5) is 4.79 Å². The standard InChI is InChI=1S/C19H27N5O3/c1-5-6-13-14-16(23-22-13)26-15(21)12(11-20)19(14)7-9-24(10-8-19)17(25)27-18(2,3)4/h12,21H,5-10H2,1-4H3,(H,22,23). The third kappa shape index (κ3) is 3.38. The molecule has 0 radical (unpaired) electrons. The van der Waals surface area contributed by atoms with E-state index in [1.54, 1.807) is 4.90 Å². The van der Waals surface area contributed by atoms with Crippen LogP contribution in [-0.4, -0.2) is 45.8 Å². The molecule has 27 heavy (non-hydrogen) atoms. The van der Waals surface area contributed by atoms with E-state index < -0.39 is 16.9 Å². The van der Waals surface area contributed by atoms with Gasteiger partial charge in [-0.3, -0.25) is 10.5 Å². The number of carbonyl (C=O) groups excluding carboxylic acids is 1. The molecule has 2 aliphatic heterocycles. The predicted molar refractivity (Wildman–Crippen MR) is 98.8 cm³/mol. The van der Waals surface area contributed by atoms with Crippen molar-refractivity contribution in [1.29, 1.82) is 10.7 Å². The normalized spacial score (nSPS) is 21.4. The first-order chi connectivity index (χ1) is 12.7. The highest BCUT2D eigenvalue weighted by atomic mass is 16.6. The minimum atomic E-state index is -0.681. The average Bonchev–Trinajstić information content (AvgIpc) is 2.98. The Bertz CT molecular complexity index is 778. The van der Waals surface area contributed by atoms with Crippen LogP contribution in [0.1, 0.15) is 58.2 Å². The van der Waals surface area contributed by atoms with E-state index in [-0.39, 0.29) is 12.0 Å². The van der Waals surface area contributed by atoms with Gasteiger partial charge in [-0.1, -0.05) is 13.3 Å². The Kier molecular flexibility index (Phi) is 4.89. The zero-order chi connectivity index (χ0) is 19.8. The SMILES string of the molecule is CCCc1[nH]nc2c1C1(CCN(C(=O)OC(C)(C)C)CC1)C(C#N)C(=N)O2. The highest BCUT2D eigenvalue weighted by molar-refractivity contribution is 5.85. The third-order valence-corrected chi connectivity index (χ3v) is 5.26. The lowest BCUT2D eigenvalue weighted by Crippen LogP contribution is -2.53. The first kappa shape index (κ1) is 19.2. The van der Waals surface area contributed by atoms with Gasteiger partial charge in [0.1, 0.15) is 11.5 Å². The fourth-order valence-corrected chi connectivity index (χ4v) is 4.07. The maximum atomic E-state index is 12.4. The van der Waals surface area contributed by atoms with E-state index in [9.17, 15) is 10.1 Å². The Morgan fingerprint density at radius 3 is 2.70 bits per heavy atom. The van der Waals surface area contributed by atoms with Gasteiger partial charge in [-0.15, -0.1) is 5.10 Å². The quantitative estimate of drug-likeness (QED) is 0.826. The van der Waals surface area contributed by atoms with Gasteiger partial charge in [0, 0.05) is 29.8 Å². The van der Waals surface area contributed by atoms with Crippen LogP contribution >= 0.6 is 0 Å². The summed E-state index contributed by atoms with van der Waals surface area (Å²) in [4.78, 5) is 14.1. The molecule has 1 atom stereocenters. The molecular formula is C19H27N5O3. The Morgan fingerprint density at radius 1 is 1.48 bits per heavy atom. The number of carbonyl (C=O) groups is 1. The fraction of sp³-hybridized carbons (Fsp3) is 0.684. The van der Waals surface area contributed by atoms with Crippen molar-refractivity contribution in [2.45, 2.75) is 64.4 Å². The summed E-state index contributed by atoms with van der Waals surface area (Å²) < 4.78 is 11.0. The van der Waals surface area contributed by atoms with Crippen LogP contribution in [0.2, 0.25) is 0 Å². The van der Waals surface area contributed by atoms with E-state index in [1.165, 1.54) is 0 Å². The second-order valence-electron chi connectivity index (χ2n) is 8.28. The van der Waals surface area contributed by atoms with Gasteiger partial charge in [-0.2, -0.15) is 5.26 Å². The van der Waals surface area contributed by atoms with Gasteiger partial charge in [0.25, 0.3) is 0 Å². The molecule has 0 aromatic carbocycles. The maximum Gasteiger partial charge on any atom is 0.410 e. The van der Waals surface area contributed by atoms with Crippen molar-refractivity contribution >= 4 is 12.0 Å². The van der Waals surface area contributed by atoms with Crippen LogP contribution in [0.15, 0.2) is 0 Å². The number of H-pyrrole nitrogens is 1. The highest BCUT2D eigenvalue weighted by Gasteiger charge is 2.53. The lowest BCUT2D eigenvalue weighted by Gasteiger charge is -2.46. The van der Waals surface area contributed by atoms with Crippen LogP contribution in [0.3, 0.4) is 0 Å². The molecule has 146 valence electrons. The summed E-state index contributed by atoms with van der Waals surface area (Å²) in [6.07, 6.45) is 2.53. The number of aromatic amines is 1. The molecule has 3 rings (SSSR count). The fourth-order valence-electron chi connectivity index (χ4n) is 4.07. The Morgan fingerprint density at radius 2 is 2.15 bits per heavy atom. The molecule has 0 aliphatic carbocycles. The van der Waals surface area contributed by atoms with Crippen molar-refractivity contribution in [2.24, 2.45) is 5.92 Å². The zero-order valence-corrected chi connectivity index (χ0v) is 16.4. The zero-order valence-electron chi connectivity index (χ0n) is 16.4. The Balaban J connectivity index is 1.91. The summed E-state index contributed by atoms with van der Waals surface area (Å²) in [5, 5.41) is 25.3. The lowest BCUT2D eigenvalue weighted by molar-refractivity contribution is 0.0146. The third-order valence-electron chi connectivity index (χ3n) is 5.26. The van der Waals surface area contributed by atoms with Crippen LogP contribution in [0.5, 0.6) is 5.88 Å². The van der Waals surface area contributed by atoms with E-state index in [4.69, 9.17) is 14.9 Å². The van der Waals surface area contributed by atoms with E-state index in [0.29, 0.717) is 31.8 Å². The molecule has 1 saturated heterocycles. The molecule has 1 unspecified atom stereocenters. The van der Waals surface area contributed by atoms with Gasteiger partial charge in [0.05, 0.1) is 6.07 Å². The number of fused-ring (bicyclic) bond motifs is 2. The van der Waals surface area contributed by atoms with Crippen molar-refractivity contribution in [1.82, 2.24) is 15.1 Å². The monoisotopic (exact) mass is 373 g/mol. The molecule has 1 aromatic heterocycles. The van der Waals surface area contributed by atoms with Crippen molar-refractivity contribution in [3.05, 3.63) is 11.3 Å². The summed E-state index contributed by atoms with van der Waals surface area (Å²) in [6.45, 7) is 8.55. The van der Waals surface area contributed by atoms with Gasteiger partial charge >= 0.3 is 6.09 Å². The number of hydrogen-bond donors (Lipinski definition) is 2. The number of aryl methyl sites for hydroxylation is 1. The second kappa shape index (κ2) is 6.87. The minimum absolute atomic E-state index is 0.0646. The van der Waals surface area contributed by atoms with Gasteiger partial charge in [-0.25, -0.2) is 4.79 Å². The summed E-state index contributed by atoms with van der Waals surface area (Å²) in [7, 11) is 0. The minimum Gasteiger partial charge on any atom is -0.444 e. The summed E-state index contributed by atoms with van der Waals surface area (Å²) in [5.41, 5.74) is 0.769. The molecule has 3 heterocycles. The van der Waals surface area contributed by atoms with Crippen LogP contribution in [-0.2, 0) is 16.6 Å². The summed E-state index contributed by atoms with van der Waals surface area (Å²) in [5.74, 6) is -0.343. The highest BCUT2D eigenvalue weighted by Crippen LogP contribution is 2.50. The number of hydrogen-bond acceptors (Lipinski definition) is 6. The predicted octanol–water partition coefficient (Wildman–Crippen LogP) is 3.14. The molecule has 8 nitrogen and oxygen atoms in total. The van der Waals surface area contributed by atoms with E-state index in [1.807, 2.05) is 20.8 Å². The molecule has 8 heteroatoms. The average molecular weight is 373 g/mol. The topological polar surface area (TPSA) is 115 Å². The maximum absolute atomic E-state index is 12.4. The molecule has 1 spiro atoms. The van der Waals surface area contributed by atoms with Gasteiger partial charge in [-0.05, 0) is 40.0 Å². The second-order valence-corrected chi connectivity index (χ2v) is 8.28. The number of ether oxygens (including phenoxy) is 2. The van der Waals surface area contributed by atoms with Crippen molar-refractivity contribution in [3.8, 4) is 11.9 Å². The van der Waals surface area contributed by atoms with E-state index in [0.717, 1.165) is 24.1 Å². The summed E-state index contributed by atoms with van der Waals surface area (Å²) >= 11 is 0. The van der Waals surface area contributed by atoms with E-state index >= 15 is 0 Å². The molecule has 1 amide bonds. The molecular weight excluding hydrogens is 346 g/mol. The van der Waals surface area contributed by atoms with Gasteiger partial charge in [0.2, 0.25) is 11.8 Å². The number of likely N-dealkylation sites (tertiary alicyclic amines) is 1. The number of piperidine rings is 1. The number of aromatic nitrogens is 2. The molecule has 1 aromatic rings. The van der Waals surface area contributed by atoms with Crippen LogP contribution in [0, 0.1) is 22.7 Å². The largest absolute Gasteiger partial charge is 0.444 e. The smallest absolute Gasteiger partial charge is 0.410 e. The molecule has 0 saturated carbocycles. The molecule has 2 N–H and O–H groups in total. The first-order valence-electron chi connectivity index (χ1n) is 9.43. The van der Waals surface area contributed by atoms with Crippen molar-refractivity contribution in [2.75, 3.05) is 13.1 Å². The summed E-state index contributed by atoms with van der Waals surface area (Å²) in [6, 6.07) is 2.27. The first-order valence-corrected chi connectivity index (χ1v) is 9.43. The van der Waals surface area contributed by atoms with Gasteiger partial charge in [0.15, 0.2) is 0 Å². The Hall–Kier alpha value is -2.56. The van der Waals surface area contributed by atoms with Gasteiger partial charge < -0.3 is 14.4 Å². The Labute approximate surface area is 159 Å². The van der Waals surface area contributed by atoms with E-state index in [2.05, 4.69) is 23.2 Å². The number of nitrogens with one attached hydrogen (secondary N) is 2. The van der Waals surface area contributed by atoms with Crippen LogP contribution in [0.25, 0.3) is 0 Å². The van der Waals surface area contributed by atoms with Crippen molar-refractivity contribution in [3.63, 3.8) is 0 Å². The number of nitrogens with zero attached hydrogens (tertiary/aromatic N) is 3. The van der Waals surface area contributed by atoms with Crippen LogP contribution < -0.4 is 4.74 Å². The number of amides is 1.